The summed E-state index contributed by atoms with van der Waals surface area (Å²) in [6, 6.07) is 41.0. The summed E-state index contributed by atoms with van der Waals surface area (Å²) >= 11 is 0. The highest BCUT2D eigenvalue weighted by molar-refractivity contribution is 5.91. The first kappa shape index (κ1) is 32.4. The molecule has 0 saturated carbocycles. The average molecular weight is 603 g/mol. The summed E-state index contributed by atoms with van der Waals surface area (Å²) in [6.45, 7) is 5.27. The van der Waals surface area contributed by atoms with Crippen LogP contribution in [0.2, 0.25) is 0 Å². The summed E-state index contributed by atoms with van der Waals surface area (Å²) in [7, 11) is 0. The Morgan fingerprint density at radius 1 is 0.733 bits per heavy atom. The highest BCUT2D eigenvalue weighted by Crippen LogP contribution is 2.43. The molecule has 1 fully saturated rings. The summed E-state index contributed by atoms with van der Waals surface area (Å²) in [5.41, 5.74) is 2.92. The molecule has 4 aromatic rings. The molecular formula is C41H46O4. The molecule has 1 saturated heterocycles. The molecule has 0 amide bonds. The lowest BCUT2D eigenvalue weighted by atomic mass is 9.80. The quantitative estimate of drug-likeness (QED) is 0.0728. The second kappa shape index (κ2) is 15.8. The molecule has 0 bridgehead atoms. The number of allylic oxidation sites excluding steroid dienone is 1. The monoisotopic (exact) mass is 602 g/mol. The standard InChI is InChI=1S/C41H46O4/c1-3-17-33(18-4-2)27-28-35-29-40(45-39(35)42,31-43-30-34-19-9-5-10-20-34)32-44-41(36-21-11-6-12-22-36,37-23-13-7-14-24-37)38-25-15-8-16-26-38/h5-16,19-26,28,33H,3-4,17-18,27,29-32H2,1-2H3/b35-28+/t40-/m1/s1. The Balaban J connectivity index is 1.50. The van der Waals surface area contributed by atoms with Gasteiger partial charge in [-0.2, -0.15) is 0 Å². The van der Waals surface area contributed by atoms with Gasteiger partial charge in [0.05, 0.1) is 19.8 Å². The largest absolute Gasteiger partial charge is 0.450 e. The topological polar surface area (TPSA) is 44.8 Å². The third-order valence-corrected chi connectivity index (χ3v) is 8.74. The van der Waals surface area contributed by atoms with Gasteiger partial charge in [-0.25, -0.2) is 4.79 Å². The van der Waals surface area contributed by atoms with Crippen LogP contribution in [0.15, 0.2) is 133 Å². The van der Waals surface area contributed by atoms with Crippen molar-refractivity contribution in [1.82, 2.24) is 0 Å². The normalized spacial score (nSPS) is 17.6. The van der Waals surface area contributed by atoms with Gasteiger partial charge >= 0.3 is 5.97 Å². The molecule has 1 atom stereocenters. The number of ether oxygens (including phenoxy) is 3. The molecule has 1 heterocycles. The molecule has 4 aromatic carbocycles. The zero-order chi connectivity index (χ0) is 31.4. The minimum atomic E-state index is -0.966. The highest BCUT2D eigenvalue weighted by Gasteiger charge is 2.48. The zero-order valence-corrected chi connectivity index (χ0v) is 26.7. The van der Waals surface area contributed by atoms with Gasteiger partial charge in [0.2, 0.25) is 0 Å². The van der Waals surface area contributed by atoms with Crippen LogP contribution < -0.4 is 0 Å². The minimum absolute atomic E-state index is 0.164. The maximum absolute atomic E-state index is 13.5. The zero-order valence-electron chi connectivity index (χ0n) is 26.7. The molecule has 234 valence electrons. The molecule has 0 unspecified atom stereocenters. The molecule has 0 radical (unpaired) electrons. The van der Waals surface area contributed by atoms with Crippen LogP contribution in [0.5, 0.6) is 0 Å². The second-order valence-corrected chi connectivity index (χ2v) is 12.2. The van der Waals surface area contributed by atoms with Crippen molar-refractivity contribution in [2.45, 2.75) is 70.2 Å². The molecule has 0 aromatic heterocycles. The van der Waals surface area contributed by atoms with Crippen LogP contribution in [-0.2, 0) is 31.2 Å². The molecule has 1 aliphatic rings. The van der Waals surface area contributed by atoms with Crippen molar-refractivity contribution >= 4 is 5.97 Å². The van der Waals surface area contributed by atoms with Gasteiger partial charge in [0.25, 0.3) is 0 Å². The lowest BCUT2D eigenvalue weighted by molar-refractivity contribution is -0.167. The van der Waals surface area contributed by atoms with E-state index in [2.05, 4.69) is 56.3 Å². The van der Waals surface area contributed by atoms with E-state index in [1.54, 1.807) is 0 Å². The fourth-order valence-corrected chi connectivity index (χ4v) is 6.52. The average Bonchev–Trinajstić information content (AvgIpc) is 3.41. The Morgan fingerprint density at radius 2 is 1.22 bits per heavy atom. The first-order valence-electron chi connectivity index (χ1n) is 16.4. The molecule has 4 nitrogen and oxygen atoms in total. The van der Waals surface area contributed by atoms with E-state index in [1.807, 2.05) is 84.9 Å². The summed E-state index contributed by atoms with van der Waals surface area (Å²) < 4.78 is 19.8. The van der Waals surface area contributed by atoms with Crippen LogP contribution in [0.4, 0.5) is 0 Å². The van der Waals surface area contributed by atoms with E-state index < -0.39 is 11.2 Å². The van der Waals surface area contributed by atoms with Crippen LogP contribution in [0, 0.1) is 5.92 Å². The van der Waals surface area contributed by atoms with Gasteiger partial charge in [-0.3, -0.25) is 0 Å². The lowest BCUT2D eigenvalue weighted by Crippen LogP contribution is -2.44. The lowest BCUT2D eigenvalue weighted by Gasteiger charge is -2.39. The van der Waals surface area contributed by atoms with Crippen molar-refractivity contribution in [1.29, 1.82) is 0 Å². The second-order valence-electron chi connectivity index (χ2n) is 12.2. The van der Waals surface area contributed by atoms with Crippen molar-refractivity contribution in [2.24, 2.45) is 5.92 Å². The Morgan fingerprint density at radius 3 is 1.71 bits per heavy atom. The molecule has 0 spiro atoms. The first-order valence-corrected chi connectivity index (χ1v) is 16.4. The molecular weight excluding hydrogens is 556 g/mol. The molecule has 5 rings (SSSR count). The Labute approximate surface area is 269 Å². The van der Waals surface area contributed by atoms with Crippen LogP contribution in [0.3, 0.4) is 0 Å². The number of carbonyl (C=O) groups is 1. The van der Waals surface area contributed by atoms with Crippen molar-refractivity contribution < 1.29 is 19.0 Å². The van der Waals surface area contributed by atoms with E-state index in [4.69, 9.17) is 14.2 Å². The van der Waals surface area contributed by atoms with Gasteiger partial charge in [0, 0.05) is 12.0 Å². The van der Waals surface area contributed by atoms with Gasteiger partial charge in [-0.15, -0.1) is 0 Å². The maximum atomic E-state index is 13.5. The van der Waals surface area contributed by atoms with Crippen molar-refractivity contribution in [3.05, 3.63) is 155 Å². The van der Waals surface area contributed by atoms with Gasteiger partial charge < -0.3 is 14.2 Å². The third kappa shape index (κ3) is 8.00. The van der Waals surface area contributed by atoms with Crippen LogP contribution >= 0.6 is 0 Å². The molecule has 0 N–H and O–H groups in total. The van der Waals surface area contributed by atoms with E-state index in [-0.39, 0.29) is 19.2 Å². The van der Waals surface area contributed by atoms with E-state index >= 15 is 0 Å². The predicted molar refractivity (Wildman–Crippen MR) is 181 cm³/mol. The number of esters is 1. The smallest absolute Gasteiger partial charge is 0.334 e. The molecule has 4 heteroatoms. The first-order chi connectivity index (χ1) is 22.1. The van der Waals surface area contributed by atoms with Crippen molar-refractivity contribution in [2.75, 3.05) is 13.2 Å². The van der Waals surface area contributed by atoms with E-state index in [9.17, 15) is 4.79 Å². The fraction of sp³-hybridized carbons (Fsp3) is 0.341. The van der Waals surface area contributed by atoms with Crippen LogP contribution in [0.25, 0.3) is 0 Å². The Bertz CT molecular complexity index is 1380. The van der Waals surface area contributed by atoms with Crippen LogP contribution in [0.1, 0.15) is 74.6 Å². The van der Waals surface area contributed by atoms with Crippen molar-refractivity contribution in [3.63, 3.8) is 0 Å². The van der Waals surface area contributed by atoms with Crippen LogP contribution in [-0.4, -0.2) is 24.8 Å². The van der Waals surface area contributed by atoms with Crippen molar-refractivity contribution in [3.8, 4) is 0 Å². The number of hydrogen-bond acceptors (Lipinski definition) is 4. The summed E-state index contributed by atoms with van der Waals surface area (Å²) in [4.78, 5) is 13.5. The summed E-state index contributed by atoms with van der Waals surface area (Å²) in [5, 5.41) is 0. The molecule has 0 aliphatic carbocycles. The molecule has 1 aliphatic heterocycles. The number of carbonyl (C=O) groups excluding carboxylic acids is 1. The van der Waals surface area contributed by atoms with Gasteiger partial charge in [0.1, 0.15) is 5.60 Å². The van der Waals surface area contributed by atoms with Gasteiger partial charge in [-0.1, -0.05) is 167 Å². The number of hydrogen-bond donors (Lipinski definition) is 0. The number of benzene rings is 4. The highest BCUT2D eigenvalue weighted by atomic mass is 16.6. The van der Waals surface area contributed by atoms with Gasteiger partial charge in [0.15, 0.2) is 5.60 Å². The molecule has 45 heavy (non-hydrogen) atoms. The van der Waals surface area contributed by atoms with Gasteiger partial charge in [-0.05, 0) is 34.6 Å². The SMILES string of the molecule is CCCC(C/C=C1\C[C@@](COCc2ccccc2)(COC(c2ccccc2)(c2ccccc2)c2ccccc2)OC1=O)CCC. The van der Waals surface area contributed by atoms with E-state index in [0.29, 0.717) is 18.9 Å². The Hall–Kier alpha value is -3.99. The van der Waals surface area contributed by atoms with E-state index in [1.165, 1.54) is 0 Å². The third-order valence-electron chi connectivity index (χ3n) is 8.74. The predicted octanol–water partition coefficient (Wildman–Crippen LogP) is 9.43. The summed E-state index contributed by atoms with van der Waals surface area (Å²) in [6.07, 6.45) is 8.06. The number of cyclic esters (lactones) is 1. The van der Waals surface area contributed by atoms with E-state index in [0.717, 1.165) is 59.9 Å². The Kier molecular flexibility index (Phi) is 11.4. The fourth-order valence-electron chi connectivity index (χ4n) is 6.52. The summed E-state index contributed by atoms with van der Waals surface area (Å²) in [5.74, 6) is 0.307. The number of rotatable bonds is 16. The maximum Gasteiger partial charge on any atom is 0.334 e. The minimum Gasteiger partial charge on any atom is -0.450 e.